The van der Waals surface area contributed by atoms with Gasteiger partial charge >= 0.3 is 5.97 Å². The molecule has 0 saturated carbocycles. The first-order valence-electron chi connectivity index (χ1n) is 6.42. The zero-order valence-electron chi connectivity index (χ0n) is 11.9. The molecule has 1 atom stereocenters. The smallest absolute Gasteiger partial charge is 0.331 e. The molecular weight excluding hydrogens is 270 g/mol. The van der Waals surface area contributed by atoms with E-state index in [-0.39, 0.29) is 11.5 Å². The molecule has 0 spiro atoms. The summed E-state index contributed by atoms with van der Waals surface area (Å²) in [6.45, 7) is 0. The fourth-order valence-corrected chi connectivity index (χ4v) is 2.21. The van der Waals surface area contributed by atoms with Crippen LogP contribution in [0.25, 0.3) is 0 Å². The molecule has 2 N–H and O–H groups in total. The average molecular weight is 287 g/mol. The molecule has 0 aromatic heterocycles. The number of benzene rings is 2. The SMILES string of the molecule is COc1cc(C(C(=O)O)N(C)c2ccccc2)ccc1O. The quantitative estimate of drug-likeness (QED) is 0.884. The number of hydrogen-bond acceptors (Lipinski definition) is 4. The number of carboxylic acids is 1. The Bertz CT molecular complexity index is 627. The van der Waals surface area contributed by atoms with Gasteiger partial charge in [-0.3, -0.25) is 0 Å². The van der Waals surface area contributed by atoms with Crippen molar-refractivity contribution in [3.05, 3.63) is 54.1 Å². The minimum absolute atomic E-state index is 0.0206. The van der Waals surface area contributed by atoms with Crippen LogP contribution < -0.4 is 9.64 Å². The van der Waals surface area contributed by atoms with Gasteiger partial charge in [-0.2, -0.15) is 0 Å². The molecule has 0 saturated heterocycles. The number of nitrogens with zero attached hydrogens (tertiary/aromatic N) is 1. The minimum atomic E-state index is -0.978. The second-order valence-electron chi connectivity index (χ2n) is 4.62. The number of anilines is 1. The molecule has 0 bridgehead atoms. The van der Waals surface area contributed by atoms with Gasteiger partial charge in [0.15, 0.2) is 17.5 Å². The van der Waals surface area contributed by atoms with Crippen molar-refractivity contribution in [3.8, 4) is 11.5 Å². The highest BCUT2D eigenvalue weighted by molar-refractivity contribution is 5.80. The topological polar surface area (TPSA) is 70.0 Å². The second kappa shape index (κ2) is 6.17. The van der Waals surface area contributed by atoms with Crippen molar-refractivity contribution in [2.45, 2.75) is 6.04 Å². The molecule has 0 aliphatic carbocycles. The van der Waals surface area contributed by atoms with Crippen molar-refractivity contribution in [2.75, 3.05) is 19.1 Å². The lowest BCUT2D eigenvalue weighted by Gasteiger charge is -2.27. The molecule has 0 aliphatic heterocycles. The van der Waals surface area contributed by atoms with Gasteiger partial charge in [0.25, 0.3) is 0 Å². The van der Waals surface area contributed by atoms with Crippen molar-refractivity contribution < 1.29 is 19.7 Å². The summed E-state index contributed by atoms with van der Waals surface area (Å²) in [6.07, 6.45) is 0. The maximum Gasteiger partial charge on any atom is 0.331 e. The van der Waals surface area contributed by atoms with Crippen molar-refractivity contribution in [1.29, 1.82) is 0 Å². The number of likely N-dealkylation sites (N-methyl/N-ethyl adjacent to an activating group) is 1. The molecule has 110 valence electrons. The van der Waals surface area contributed by atoms with Gasteiger partial charge in [0.2, 0.25) is 0 Å². The van der Waals surface area contributed by atoms with Gasteiger partial charge in [-0.05, 0) is 29.8 Å². The summed E-state index contributed by atoms with van der Waals surface area (Å²) in [5, 5.41) is 19.2. The molecule has 1 unspecified atom stereocenters. The highest BCUT2D eigenvalue weighted by Crippen LogP contribution is 2.32. The molecule has 0 aliphatic rings. The van der Waals surface area contributed by atoms with Crippen LogP contribution in [0.3, 0.4) is 0 Å². The van der Waals surface area contributed by atoms with Crippen molar-refractivity contribution in [3.63, 3.8) is 0 Å². The van der Waals surface area contributed by atoms with Gasteiger partial charge in [-0.15, -0.1) is 0 Å². The number of carbonyl (C=O) groups is 1. The molecule has 0 radical (unpaired) electrons. The summed E-state index contributed by atoms with van der Waals surface area (Å²) < 4.78 is 5.04. The van der Waals surface area contributed by atoms with E-state index in [4.69, 9.17) is 4.74 Å². The first kappa shape index (κ1) is 14.7. The van der Waals surface area contributed by atoms with E-state index >= 15 is 0 Å². The third kappa shape index (κ3) is 3.08. The Kier molecular flexibility index (Phi) is 4.33. The van der Waals surface area contributed by atoms with Gasteiger partial charge in [-0.25, -0.2) is 4.79 Å². The number of aliphatic carboxylic acids is 1. The van der Waals surface area contributed by atoms with Crippen LogP contribution in [0.2, 0.25) is 0 Å². The number of phenols is 1. The number of ether oxygens (including phenoxy) is 1. The Labute approximate surface area is 123 Å². The van der Waals surface area contributed by atoms with E-state index in [1.54, 1.807) is 18.0 Å². The highest BCUT2D eigenvalue weighted by Gasteiger charge is 2.26. The monoisotopic (exact) mass is 287 g/mol. The Morgan fingerprint density at radius 3 is 2.43 bits per heavy atom. The molecule has 2 aromatic rings. The molecule has 0 amide bonds. The van der Waals surface area contributed by atoms with Crippen LogP contribution in [-0.4, -0.2) is 30.3 Å². The number of carboxylic acid groups (broad SMARTS) is 1. The normalized spacial score (nSPS) is 11.7. The highest BCUT2D eigenvalue weighted by atomic mass is 16.5. The molecule has 0 heterocycles. The summed E-state index contributed by atoms with van der Waals surface area (Å²) in [5.41, 5.74) is 1.32. The fraction of sp³-hybridized carbons (Fsp3) is 0.188. The van der Waals surface area contributed by atoms with E-state index in [2.05, 4.69) is 0 Å². The van der Waals surface area contributed by atoms with E-state index < -0.39 is 12.0 Å². The van der Waals surface area contributed by atoms with E-state index in [1.165, 1.54) is 19.2 Å². The van der Waals surface area contributed by atoms with Crippen LogP contribution in [0, 0.1) is 0 Å². The Morgan fingerprint density at radius 1 is 1.19 bits per heavy atom. The van der Waals surface area contributed by atoms with Crippen LogP contribution in [0.1, 0.15) is 11.6 Å². The third-order valence-electron chi connectivity index (χ3n) is 3.30. The third-order valence-corrected chi connectivity index (χ3v) is 3.30. The maximum atomic E-state index is 11.7. The van der Waals surface area contributed by atoms with Crippen molar-refractivity contribution in [1.82, 2.24) is 0 Å². The van der Waals surface area contributed by atoms with Crippen molar-refractivity contribution >= 4 is 11.7 Å². The fourth-order valence-electron chi connectivity index (χ4n) is 2.21. The van der Waals surface area contributed by atoms with E-state index in [0.29, 0.717) is 5.56 Å². The Morgan fingerprint density at radius 2 is 1.86 bits per heavy atom. The zero-order chi connectivity index (χ0) is 15.4. The van der Waals surface area contributed by atoms with Crippen LogP contribution >= 0.6 is 0 Å². The summed E-state index contributed by atoms with van der Waals surface area (Å²) in [5.74, 6) is -0.748. The predicted molar refractivity (Wildman–Crippen MR) is 79.9 cm³/mol. The first-order valence-corrected chi connectivity index (χ1v) is 6.42. The molecule has 2 rings (SSSR count). The number of aromatic hydroxyl groups is 1. The number of phenolic OH excluding ortho intramolecular Hbond substituents is 1. The van der Waals surface area contributed by atoms with Gasteiger partial charge in [0, 0.05) is 12.7 Å². The van der Waals surface area contributed by atoms with E-state index in [0.717, 1.165) is 5.69 Å². The molecule has 5 nitrogen and oxygen atoms in total. The largest absolute Gasteiger partial charge is 0.504 e. The standard InChI is InChI=1S/C16H17NO4/c1-17(12-6-4-3-5-7-12)15(16(19)20)11-8-9-13(18)14(10-11)21-2/h3-10,15,18H,1-2H3,(H,19,20). The molecular formula is C16H17NO4. The van der Waals surface area contributed by atoms with Crippen molar-refractivity contribution in [2.24, 2.45) is 0 Å². The van der Waals surface area contributed by atoms with E-state index in [9.17, 15) is 15.0 Å². The number of para-hydroxylation sites is 1. The maximum absolute atomic E-state index is 11.7. The van der Waals surface area contributed by atoms with Gasteiger partial charge in [-0.1, -0.05) is 24.3 Å². The van der Waals surface area contributed by atoms with Gasteiger partial charge in [0.05, 0.1) is 7.11 Å². The van der Waals surface area contributed by atoms with Gasteiger partial charge < -0.3 is 19.8 Å². The van der Waals surface area contributed by atoms with E-state index in [1.807, 2.05) is 30.3 Å². The molecule has 5 heteroatoms. The van der Waals surface area contributed by atoms with Crippen LogP contribution in [-0.2, 0) is 4.79 Å². The van der Waals surface area contributed by atoms with Crippen LogP contribution in [0.4, 0.5) is 5.69 Å². The number of hydrogen-bond donors (Lipinski definition) is 2. The van der Waals surface area contributed by atoms with Crippen LogP contribution in [0.15, 0.2) is 48.5 Å². The minimum Gasteiger partial charge on any atom is -0.504 e. The summed E-state index contributed by atoms with van der Waals surface area (Å²) >= 11 is 0. The summed E-state index contributed by atoms with van der Waals surface area (Å²) in [7, 11) is 3.14. The molecule has 21 heavy (non-hydrogen) atoms. The Hall–Kier alpha value is -2.69. The first-order chi connectivity index (χ1) is 10.0. The lowest BCUT2D eigenvalue weighted by Crippen LogP contribution is -2.30. The van der Waals surface area contributed by atoms with Gasteiger partial charge in [0.1, 0.15) is 0 Å². The summed E-state index contributed by atoms with van der Waals surface area (Å²) in [6, 6.07) is 12.9. The molecule has 2 aromatic carbocycles. The lowest BCUT2D eigenvalue weighted by atomic mass is 10.0. The average Bonchev–Trinajstić information content (AvgIpc) is 2.49. The zero-order valence-corrected chi connectivity index (χ0v) is 11.9. The lowest BCUT2D eigenvalue weighted by molar-refractivity contribution is -0.138. The summed E-state index contributed by atoms with van der Waals surface area (Å²) in [4.78, 5) is 13.3. The predicted octanol–water partition coefficient (Wildman–Crippen LogP) is 2.66. The number of rotatable bonds is 5. The number of methoxy groups -OCH3 is 1. The Balaban J connectivity index is 2.42. The molecule has 0 fully saturated rings. The van der Waals surface area contributed by atoms with Crippen LogP contribution in [0.5, 0.6) is 11.5 Å². The second-order valence-corrected chi connectivity index (χ2v) is 4.62.